The van der Waals surface area contributed by atoms with Gasteiger partial charge in [0, 0.05) is 5.92 Å². The Balaban J connectivity index is 2.88. The third-order valence-electron chi connectivity index (χ3n) is 3.76. The van der Waals surface area contributed by atoms with Crippen LogP contribution in [0.15, 0.2) is 12.7 Å². The summed E-state index contributed by atoms with van der Waals surface area (Å²) in [4.78, 5) is 23.6. The van der Waals surface area contributed by atoms with Crippen molar-refractivity contribution in [2.75, 3.05) is 14.2 Å². The molecule has 1 atom stereocenters. The maximum absolute atomic E-state index is 11.8. The van der Waals surface area contributed by atoms with E-state index in [4.69, 9.17) is 9.47 Å². The minimum Gasteiger partial charge on any atom is -0.468 e. The molecule has 1 rings (SSSR count). The van der Waals surface area contributed by atoms with Gasteiger partial charge in [-0.25, -0.2) is 0 Å². The summed E-state index contributed by atoms with van der Waals surface area (Å²) in [5.41, 5.74) is 0. The fourth-order valence-electron chi connectivity index (χ4n) is 2.78. The van der Waals surface area contributed by atoms with Gasteiger partial charge in [-0.15, -0.1) is 6.58 Å². The molecule has 0 aromatic carbocycles. The predicted octanol–water partition coefficient (Wildman–Crippen LogP) is 2.33. The smallest absolute Gasteiger partial charge is 0.320 e. The summed E-state index contributed by atoms with van der Waals surface area (Å²) in [5.74, 6) is -1.81. The average molecular weight is 254 g/mol. The second kappa shape index (κ2) is 7.19. The number of allylic oxidation sites excluding steroid dienone is 1. The molecule has 1 aliphatic carbocycles. The second-order valence-corrected chi connectivity index (χ2v) is 4.74. The van der Waals surface area contributed by atoms with Crippen LogP contribution in [-0.2, 0) is 19.1 Å². The number of hydrogen-bond donors (Lipinski definition) is 0. The van der Waals surface area contributed by atoms with Gasteiger partial charge in [0.2, 0.25) is 0 Å². The number of ether oxygens (including phenoxy) is 2. The summed E-state index contributed by atoms with van der Waals surface area (Å²) in [6.07, 6.45) is 7.27. The molecule has 1 aliphatic rings. The van der Waals surface area contributed by atoms with Crippen molar-refractivity contribution < 1.29 is 19.1 Å². The highest BCUT2D eigenvalue weighted by Gasteiger charge is 2.39. The van der Waals surface area contributed by atoms with Crippen LogP contribution in [0.1, 0.15) is 32.1 Å². The molecule has 0 radical (unpaired) electrons. The van der Waals surface area contributed by atoms with Crippen molar-refractivity contribution in [2.24, 2.45) is 17.8 Å². The third kappa shape index (κ3) is 3.34. The zero-order valence-corrected chi connectivity index (χ0v) is 11.2. The Bertz CT molecular complexity index is 289. The van der Waals surface area contributed by atoms with Gasteiger partial charge in [-0.05, 0) is 18.8 Å². The van der Waals surface area contributed by atoms with Crippen LogP contribution in [-0.4, -0.2) is 26.2 Å². The molecule has 0 spiro atoms. The van der Waals surface area contributed by atoms with Crippen molar-refractivity contribution in [2.45, 2.75) is 32.1 Å². The van der Waals surface area contributed by atoms with Gasteiger partial charge in [0.25, 0.3) is 0 Å². The summed E-state index contributed by atoms with van der Waals surface area (Å²) < 4.78 is 9.44. The van der Waals surface area contributed by atoms with Crippen LogP contribution in [0, 0.1) is 17.8 Å². The number of carbonyl (C=O) groups excluding carboxylic acids is 2. The first-order chi connectivity index (χ1) is 8.65. The van der Waals surface area contributed by atoms with Crippen molar-refractivity contribution in [3.63, 3.8) is 0 Å². The van der Waals surface area contributed by atoms with Gasteiger partial charge in [0.15, 0.2) is 5.92 Å². The van der Waals surface area contributed by atoms with E-state index in [1.54, 1.807) is 6.08 Å². The monoisotopic (exact) mass is 254 g/mol. The fourth-order valence-corrected chi connectivity index (χ4v) is 2.78. The SMILES string of the molecule is C=C[C@H](C1CCCCC1)C(C(=O)OC)C(=O)OC. The van der Waals surface area contributed by atoms with Crippen molar-refractivity contribution in [1.29, 1.82) is 0 Å². The molecule has 0 amide bonds. The van der Waals surface area contributed by atoms with Gasteiger partial charge in [-0.2, -0.15) is 0 Å². The predicted molar refractivity (Wildman–Crippen MR) is 67.8 cm³/mol. The normalized spacial score (nSPS) is 18.2. The maximum Gasteiger partial charge on any atom is 0.320 e. The van der Waals surface area contributed by atoms with E-state index in [0.29, 0.717) is 5.92 Å². The summed E-state index contributed by atoms with van der Waals surface area (Å²) in [5, 5.41) is 0. The van der Waals surface area contributed by atoms with Crippen LogP contribution < -0.4 is 0 Å². The first-order valence-electron chi connectivity index (χ1n) is 6.44. The van der Waals surface area contributed by atoms with Gasteiger partial charge in [-0.1, -0.05) is 25.3 Å². The third-order valence-corrected chi connectivity index (χ3v) is 3.76. The molecule has 0 aliphatic heterocycles. The topological polar surface area (TPSA) is 52.6 Å². The zero-order chi connectivity index (χ0) is 13.5. The molecule has 0 unspecified atom stereocenters. The van der Waals surface area contributed by atoms with E-state index in [1.165, 1.54) is 20.6 Å². The zero-order valence-electron chi connectivity index (χ0n) is 11.2. The highest BCUT2D eigenvalue weighted by molar-refractivity contribution is 5.95. The second-order valence-electron chi connectivity index (χ2n) is 4.74. The Morgan fingerprint density at radius 2 is 1.61 bits per heavy atom. The standard InChI is InChI=1S/C14H22O4/c1-4-11(10-8-6-5-7-9-10)12(13(15)17-2)14(16)18-3/h4,10-12H,1,5-9H2,2-3H3/t11-/m1/s1. The molecule has 102 valence electrons. The Kier molecular flexibility index (Phi) is 5.89. The lowest BCUT2D eigenvalue weighted by atomic mass is 9.74. The lowest BCUT2D eigenvalue weighted by Gasteiger charge is -2.31. The molecule has 0 N–H and O–H groups in total. The van der Waals surface area contributed by atoms with Gasteiger partial charge in [0.05, 0.1) is 14.2 Å². The van der Waals surface area contributed by atoms with Gasteiger partial charge >= 0.3 is 11.9 Å². The van der Waals surface area contributed by atoms with Crippen molar-refractivity contribution in [1.82, 2.24) is 0 Å². The Labute approximate surface area is 108 Å². The number of rotatable bonds is 5. The van der Waals surface area contributed by atoms with Crippen LogP contribution in [0.25, 0.3) is 0 Å². The average Bonchev–Trinajstić information content (AvgIpc) is 2.44. The van der Waals surface area contributed by atoms with E-state index in [0.717, 1.165) is 25.7 Å². The molecule has 0 saturated heterocycles. The molecule has 1 fully saturated rings. The molecule has 4 nitrogen and oxygen atoms in total. The molecule has 0 aromatic heterocycles. The van der Waals surface area contributed by atoms with Gasteiger partial charge in [-0.3, -0.25) is 9.59 Å². The van der Waals surface area contributed by atoms with Crippen LogP contribution in [0.4, 0.5) is 0 Å². The van der Waals surface area contributed by atoms with Crippen molar-refractivity contribution in [3.05, 3.63) is 12.7 Å². The van der Waals surface area contributed by atoms with Crippen LogP contribution in [0.2, 0.25) is 0 Å². The molecular formula is C14H22O4. The quantitative estimate of drug-likeness (QED) is 0.429. The Morgan fingerprint density at radius 1 is 1.11 bits per heavy atom. The maximum atomic E-state index is 11.8. The summed E-state index contributed by atoms with van der Waals surface area (Å²) in [6.45, 7) is 3.77. The number of esters is 2. The van der Waals surface area contributed by atoms with Gasteiger partial charge in [0.1, 0.15) is 0 Å². The summed E-state index contributed by atoms with van der Waals surface area (Å²) in [6, 6.07) is 0. The molecule has 18 heavy (non-hydrogen) atoms. The van der Waals surface area contributed by atoms with Crippen LogP contribution >= 0.6 is 0 Å². The van der Waals surface area contributed by atoms with Crippen molar-refractivity contribution >= 4 is 11.9 Å². The van der Waals surface area contributed by atoms with Crippen molar-refractivity contribution in [3.8, 4) is 0 Å². The summed E-state index contributed by atoms with van der Waals surface area (Å²) in [7, 11) is 2.58. The van der Waals surface area contributed by atoms with Crippen LogP contribution in [0.3, 0.4) is 0 Å². The van der Waals surface area contributed by atoms with Gasteiger partial charge < -0.3 is 9.47 Å². The first kappa shape index (κ1) is 14.7. The summed E-state index contributed by atoms with van der Waals surface area (Å²) >= 11 is 0. The highest BCUT2D eigenvalue weighted by Crippen LogP contribution is 2.35. The van der Waals surface area contributed by atoms with E-state index in [2.05, 4.69) is 6.58 Å². The highest BCUT2D eigenvalue weighted by atomic mass is 16.5. The molecular weight excluding hydrogens is 232 g/mol. The molecule has 1 saturated carbocycles. The Hall–Kier alpha value is -1.32. The molecule has 4 heteroatoms. The number of carbonyl (C=O) groups is 2. The van der Waals surface area contributed by atoms with E-state index in [-0.39, 0.29) is 5.92 Å². The van der Waals surface area contributed by atoms with E-state index < -0.39 is 17.9 Å². The molecule has 0 aromatic rings. The first-order valence-corrected chi connectivity index (χ1v) is 6.44. The number of methoxy groups -OCH3 is 2. The van der Waals surface area contributed by atoms with E-state index in [9.17, 15) is 9.59 Å². The molecule has 0 bridgehead atoms. The largest absolute Gasteiger partial charge is 0.468 e. The van der Waals surface area contributed by atoms with Crippen LogP contribution in [0.5, 0.6) is 0 Å². The molecule has 0 heterocycles. The fraction of sp³-hybridized carbons (Fsp3) is 0.714. The van der Waals surface area contributed by atoms with E-state index in [1.807, 2.05) is 0 Å². The lowest BCUT2D eigenvalue weighted by Crippen LogP contribution is -2.36. The minimum absolute atomic E-state index is 0.190. The lowest BCUT2D eigenvalue weighted by molar-refractivity contribution is -0.161. The number of hydrogen-bond acceptors (Lipinski definition) is 4. The van der Waals surface area contributed by atoms with E-state index >= 15 is 0 Å². The minimum atomic E-state index is -0.874. The Morgan fingerprint density at radius 3 is 2.00 bits per heavy atom.